The van der Waals surface area contributed by atoms with E-state index in [2.05, 4.69) is 4.90 Å². The molecule has 1 heterocycles. The fourth-order valence-corrected chi connectivity index (χ4v) is 2.89. The van der Waals surface area contributed by atoms with Crippen molar-refractivity contribution in [3.8, 4) is 0 Å². The van der Waals surface area contributed by atoms with Gasteiger partial charge in [-0.3, -0.25) is 4.79 Å². The summed E-state index contributed by atoms with van der Waals surface area (Å²) in [6.45, 7) is 2.40. The minimum Gasteiger partial charge on any atom is -0.481 e. The van der Waals surface area contributed by atoms with E-state index in [1.165, 1.54) is 25.8 Å². The van der Waals surface area contributed by atoms with Crippen LogP contribution >= 0.6 is 0 Å². The second-order valence-corrected chi connectivity index (χ2v) is 4.68. The first kappa shape index (κ1) is 9.97. The maximum absolute atomic E-state index is 10.3. The number of piperidine rings is 1. The van der Waals surface area contributed by atoms with Gasteiger partial charge in [-0.25, -0.2) is 0 Å². The van der Waals surface area contributed by atoms with Crippen molar-refractivity contribution < 1.29 is 9.90 Å². The molecule has 14 heavy (non-hydrogen) atoms. The van der Waals surface area contributed by atoms with Crippen LogP contribution in [0.4, 0.5) is 0 Å². The molecule has 1 aliphatic carbocycles. The van der Waals surface area contributed by atoms with Crippen LogP contribution in [-0.2, 0) is 4.79 Å². The van der Waals surface area contributed by atoms with E-state index in [1.807, 2.05) is 0 Å². The molecular weight excluding hydrogens is 178 g/mol. The average Bonchev–Trinajstić information content (AvgIpc) is 2.73. The zero-order chi connectivity index (χ0) is 9.97. The Hall–Kier alpha value is -0.570. The summed E-state index contributed by atoms with van der Waals surface area (Å²) in [6.07, 6.45) is 6.43. The summed E-state index contributed by atoms with van der Waals surface area (Å²) in [4.78, 5) is 12.9. The SMILES string of the molecule is O=C(O)CCCCN1CC2CCC1C2. The van der Waals surface area contributed by atoms with Gasteiger partial charge in [-0.05, 0) is 44.6 Å². The number of rotatable bonds is 5. The molecule has 2 atom stereocenters. The predicted octanol–water partition coefficient (Wildman–Crippen LogP) is 1.73. The van der Waals surface area contributed by atoms with Crippen molar-refractivity contribution in [2.45, 2.75) is 44.6 Å². The highest BCUT2D eigenvalue weighted by Crippen LogP contribution is 2.37. The Kier molecular flexibility index (Phi) is 3.06. The second-order valence-electron chi connectivity index (χ2n) is 4.68. The van der Waals surface area contributed by atoms with Crippen LogP contribution in [0, 0.1) is 5.92 Å². The van der Waals surface area contributed by atoms with Gasteiger partial charge in [0.2, 0.25) is 0 Å². The first-order valence-corrected chi connectivity index (χ1v) is 5.71. The molecule has 0 spiro atoms. The third-order valence-corrected chi connectivity index (χ3v) is 3.61. The number of fused-ring (bicyclic) bond motifs is 2. The zero-order valence-corrected chi connectivity index (χ0v) is 8.61. The maximum atomic E-state index is 10.3. The van der Waals surface area contributed by atoms with Gasteiger partial charge in [0.25, 0.3) is 0 Å². The molecule has 0 aromatic carbocycles. The molecule has 1 saturated heterocycles. The van der Waals surface area contributed by atoms with Gasteiger partial charge in [0.15, 0.2) is 0 Å². The summed E-state index contributed by atoms with van der Waals surface area (Å²) in [5, 5.41) is 8.50. The van der Waals surface area contributed by atoms with E-state index in [0.717, 1.165) is 31.3 Å². The highest BCUT2D eigenvalue weighted by Gasteiger charge is 2.36. The summed E-state index contributed by atoms with van der Waals surface area (Å²) in [5.74, 6) is 0.299. The molecule has 2 rings (SSSR count). The van der Waals surface area contributed by atoms with Gasteiger partial charge in [0, 0.05) is 19.0 Å². The summed E-state index contributed by atoms with van der Waals surface area (Å²) < 4.78 is 0. The minimum atomic E-state index is -0.659. The Morgan fingerprint density at radius 1 is 1.36 bits per heavy atom. The summed E-state index contributed by atoms with van der Waals surface area (Å²) in [6, 6.07) is 0.838. The van der Waals surface area contributed by atoms with Crippen LogP contribution in [0.25, 0.3) is 0 Å². The molecule has 0 aromatic heterocycles. The van der Waals surface area contributed by atoms with Gasteiger partial charge in [0.05, 0.1) is 0 Å². The quantitative estimate of drug-likeness (QED) is 0.682. The molecule has 1 aliphatic heterocycles. The number of unbranched alkanes of at least 4 members (excludes halogenated alkanes) is 1. The van der Waals surface area contributed by atoms with Gasteiger partial charge >= 0.3 is 5.97 Å². The third-order valence-electron chi connectivity index (χ3n) is 3.61. The number of hydrogen-bond donors (Lipinski definition) is 1. The topological polar surface area (TPSA) is 40.5 Å². The number of carboxylic acids is 1. The molecule has 80 valence electrons. The van der Waals surface area contributed by atoms with Crippen molar-refractivity contribution in [1.29, 1.82) is 0 Å². The van der Waals surface area contributed by atoms with Crippen molar-refractivity contribution in [3.63, 3.8) is 0 Å². The van der Waals surface area contributed by atoms with Crippen molar-refractivity contribution in [2.24, 2.45) is 5.92 Å². The van der Waals surface area contributed by atoms with Gasteiger partial charge in [-0.2, -0.15) is 0 Å². The van der Waals surface area contributed by atoms with Gasteiger partial charge < -0.3 is 10.0 Å². The van der Waals surface area contributed by atoms with E-state index in [0.29, 0.717) is 6.42 Å². The summed E-state index contributed by atoms with van der Waals surface area (Å²) in [7, 11) is 0. The first-order chi connectivity index (χ1) is 6.75. The molecule has 0 radical (unpaired) electrons. The Bertz CT molecular complexity index is 217. The van der Waals surface area contributed by atoms with Crippen LogP contribution in [0.15, 0.2) is 0 Å². The lowest BCUT2D eigenvalue weighted by molar-refractivity contribution is -0.137. The number of carbonyl (C=O) groups is 1. The van der Waals surface area contributed by atoms with E-state index in [9.17, 15) is 4.79 Å². The smallest absolute Gasteiger partial charge is 0.303 e. The monoisotopic (exact) mass is 197 g/mol. The summed E-state index contributed by atoms with van der Waals surface area (Å²) in [5.41, 5.74) is 0. The minimum absolute atomic E-state index is 0.335. The fourth-order valence-electron chi connectivity index (χ4n) is 2.89. The van der Waals surface area contributed by atoms with Crippen LogP contribution in [-0.4, -0.2) is 35.1 Å². The van der Waals surface area contributed by atoms with Crippen molar-refractivity contribution in [3.05, 3.63) is 0 Å². The average molecular weight is 197 g/mol. The van der Waals surface area contributed by atoms with E-state index in [1.54, 1.807) is 0 Å². The first-order valence-electron chi connectivity index (χ1n) is 5.71. The third kappa shape index (κ3) is 2.27. The Labute approximate surface area is 85.1 Å². The van der Waals surface area contributed by atoms with Crippen LogP contribution in [0.2, 0.25) is 0 Å². The largest absolute Gasteiger partial charge is 0.481 e. The molecule has 1 saturated carbocycles. The Morgan fingerprint density at radius 3 is 2.79 bits per heavy atom. The lowest BCUT2D eigenvalue weighted by Crippen LogP contribution is -2.32. The van der Waals surface area contributed by atoms with Crippen molar-refractivity contribution in [2.75, 3.05) is 13.1 Å². The maximum Gasteiger partial charge on any atom is 0.303 e. The van der Waals surface area contributed by atoms with Gasteiger partial charge in [-0.1, -0.05) is 0 Å². The van der Waals surface area contributed by atoms with E-state index >= 15 is 0 Å². The standard InChI is InChI=1S/C11H19NO2/c13-11(14)3-1-2-6-12-8-9-4-5-10(12)7-9/h9-10H,1-8H2,(H,13,14). The number of nitrogens with zero attached hydrogens (tertiary/aromatic N) is 1. The number of likely N-dealkylation sites (tertiary alicyclic amines) is 1. The number of aliphatic carboxylic acids is 1. The summed E-state index contributed by atoms with van der Waals surface area (Å²) >= 11 is 0. The normalized spacial score (nSPS) is 31.1. The van der Waals surface area contributed by atoms with Crippen LogP contribution in [0.3, 0.4) is 0 Å². The molecule has 2 aliphatic rings. The molecule has 2 bridgehead atoms. The predicted molar refractivity (Wildman–Crippen MR) is 54.2 cm³/mol. The molecular formula is C11H19NO2. The molecule has 3 nitrogen and oxygen atoms in total. The second kappa shape index (κ2) is 4.30. The molecule has 2 fully saturated rings. The van der Waals surface area contributed by atoms with Crippen molar-refractivity contribution in [1.82, 2.24) is 4.90 Å². The van der Waals surface area contributed by atoms with E-state index in [-0.39, 0.29) is 0 Å². The molecule has 3 heteroatoms. The van der Waals surface area contributed by atoms with Gasteiger partial charge in [0.1, 0.15) is 0 Å². The fraction of sp³-hybridized carbons (Fsp3) is 0.909. The van der Waals surface area contributed by atoms with Gasteiger partial charge in [-0.15, -0.1) is 0 Å². The Morgan fingerprint density at radius 2 is 2.21 bits per heavy atom. The van der Waals surface area contributed by atoms with E-state index < -0.39 is 5.97 Å². The Balaban J connectivity index is 1.60. The molecule has 0 amide bonds. The number of carboxylic acid groups (broad SMARTS) is 1. The number of hydrogen-bond acceptors (Lipinski definition) is 2. The molecule has 2 unspecified atom stereocenters. The highest BCUT2D eigenvalue weighted by atomic mass is 16.4. The highest BCUT2D eigenvalue weighted by molar-refractivity contribution is 5.66. The lowest BCUT2D eigenvalue weighted by Gasteiger charge is -2.26. The van der Waals surface area contributed by atoms with Crippen LogP contribution < -0.4 is 0 Å². The van der Waals surface area contributed by atoms with E-state index in [4.69, 9.17) is 5.11 Å². The lowest BCUT2D eigenvalue weighted by atomic mass is 10.1. The zero-order valence-electron chi connectivity index (χ0n) is 8.61. The molecule has 1 N–H and O–H groups in total. The molecule has 0 aromatic rings. The van der Waals surface area contributed by atoms with Crippen LogP contribution in [0.5, 0.6) is 0 Å². The van der Waals surface area contributed by atoms with Crippen LogP contribution in [0.1, 0.15) is 38.5 Å². The van der Waals surface area contributed by atoms with Crippen molar-refractivity contribution >= 4 is 5.97 Å².